The monoisotopic (exact) mass is 335 g/mol. The summed E-state index contributed by atoms with van der Waals surface area (Å²) in [4.78, 5) is 7.78. The summed E-state index contributed by atoms with van der Waals surface area (Å²) in [7, 11) is 0. The number of hydrogen-bond donors (Lipinski definition) is 2. The molecule has 128 valence electrons. The van der Waals surface area contributed by atoms with E-state index in [0.29, 0.717) is 6.61 Å². The van der Waals surface area contributed by atoms with E-state index in [1.165, 1.54) is 5.56 Å². The Balaban J connectivity index is 1.54. The summed E-state index contributed by atoms with van der Waals surface area (Å²) in [6.45, 7) is 5.43. The van der Waals surface area contributed by atoms with Gasteiger partial charge < -0.3 is 15.0 Å². The molecule has 4 rings (SSSR count). The summed E-state index contributed by atoms with van der Waals surface area (Å²) in [5, 5.41) is 9.01. The van der Waals surface area contributed by atoms with Gasteiger partial charge in [-0.25, -0.2) is 9.50 Å². The summed E-state index contributed by atoms with van der Waals surface area (Å²) in [5.41, 5.74) is 4.32. The topological polar surface area (TPSA) is 67.2 Å². The molecule has 4 aromatic rings. The molecule has 0 saturated heterocycles. The van der Waals surface area contributed by atoms with Crippen molar-refractivity contribution in [1.29, 1.82) is 0 Å². The number of aromatic nitrogens is 4. The second-order valence-corrected chi connectivity index (χ2v) is 5.99. The first-order valence-electron chi connectivity index (χ1n) is 8.53. The van der Waals surface area contributed by atoms with Gasteiger partial charge in [-0.3, -0.25) is 0 Å². The first-order valence-corrected chi connectivity index (χ1v) is 8.53. The summed E-state index contributed by atoms with van der Waals surface area (Å²) in [6, 6.07) is 8.15. The van der Waals surface area contributed by atoms with Gasteiger partial charge >= 0.3 is 0 Å². The molecule has 25 heavy (non-hydrogen) atoms. The third kappa shape index (κ3) is 2.91. The van der Waals surface area contributed by atoms with Crippen LogP contribution < -0.4 is 10.1 Å². The Morgan fingerprint density at radius 2 is 2.24 bits per heavy atom. The van der Waals surface area contributed by atoms with Crippen LogP contribution >= 0.6 is 0 Å². The predicted octanol–water partition coefficient (Wildman–Crippen LogP) is 3.57. The van der Waals surface area contributed by atoms with E-state index in [-0.39, 0.29) is 0 Å². The molecular weight excluding hydrogens is 314 g/mol. The maximum atomic E-state index is 5.78. The summed E-state index contributed by atoms with van der Waals surface area (Å²) < 4.78 is 7.63. The molecule has 0 unspecified atom stereocenters. The minimum absolute atomic E-state index is 0.661. The molecule has 6 heteroatoms. The number of benzene rings is 1. The summed E-state index contributed by atoms with van der Waals surface area (Å²) in [5.74, 6) is 1.79. The van der Waals surface area contributed by atoms with Gasteiger partial charge in [0.05, 0.1) is 12.3 Å². The number of fused-ring (bicyclic) bond motifs is 2. The molecule has 0 bridgehead atoms. The van der Waals surface area contributed by atoms with E-state index in [9.17, 15) is 0 Å². The Morgan fingerprint density at radius 3 is 3.12 bits per heavy atom. The zero-order chi connectivity index (χ0) is 17.2. The number of hydrogen-bond acceptors (Lipinski definition) is 4. The van der Waals surface area contributed by atoms with Crippen LogP contribution in [0.5, 0.6) is 5.75 Å². The Kier molecular flexibility index (Phi) is 4.01. The highest BCUT2D eigenvalue weighted by Gasteiger charge is 2.10. The molecule has 0 spiro atoms. The average molecular weight is 335 g/mol. The molecule has 0 atom stereocenters. The van der Waals surface area contributed by atoms with Crippen molar-refractivity contribution < 1.29 is 4.74 Å². The second kappa shape index (κ2) is 6.47. The van der Waals surface area contributed by atoms with Gasteiger partial charge in [0.1, 0.15) is 11.3 Å². The zero-order valence-electron chi connectivity index (χ0n) is 14.4. The second-order valence-electron chi connectivity index (χ2n) is 5.99. The third-order valence-electron chi connectivity index (χ3n) is 4.25. The number of H-pyrrole nitrogens is 1. The van der Waals surface area contributed by atoms with Crippen molar-refractivity contribution in [3.05, 3.63) is 54.1 Å². The Labute approximate surface area is 145 Å². The number of aryl methyl sites for hydroxylation is 1. The van der Waals surface area contributed by atoms with Crippen LogP contribution in [0, 0.1) is 6.92 Å². The van der Waals surface area contributed by atoms with Crippen molar-refractivity contribution in [2.45, 2.75) is 20.3 Å². The molecule has 0 aliphatic heterocycles. The fraction of sp³-hybridized carbons (Fsp3) is 0.263. The molecule has 6 nitrogen and oxygen atoms in total. The van der Waals surface area contributed by atoms with Gasteiger partial charge in [0, 0.05) is 36.0 Å². The maximum absolute atomic E-state index is 5.78. The van der Waals surface area contributed by atoms with Gasteiger partial charge in [-0.15, -0.1) is 0 Å². The molecule has 0 amide bonds. The molecule has 0 aliphatic rings. The molecule has 0 fully saturated rings. The zero-order valence-corrected chi connectivity index (χ0v) is 14.4. The van der Waals surface area contributed by atoms with Crippen molar-refractivity contribution in [2.24, 2.45) is 0 Å². The lowest BCUT2D eigenvalue weighted by Gasteiger charge is -2.08. The van der Waals surface area contributed by atoms with E-state index in [4.69, 9.17) is 4.74 Å². The Bertz CT molecular complexity index is 1020. The molecule has 0 radical (unpaired) electrons. The molecular formula is C19H21N5O. The Hall–Kier alpha value is -3.02. The highest BCUT2D eigenvalue weighted by Crippen LogP contribution is 2.29. The van der Waals surface area contributed by atoms with Crippen molar-refractivity contribution in [3.63, 3.8) is 0 Å². The number of nitrogens with one attached hydrogen (secondary N) is 2. The number of nitrogens with zero attached hydrogens (tertiary/aromatic N) is 3. The fourth-order valence-electron chi connectivity index (χ4n) is 3.19. The normalized spacial score (nSPS) is 11.3. The standard InChI is InChI=1S/C19H21N5O/c1-3-25-17-6-4-5-15-18(17)14(12-22-15)7-8-20-19-16-11-13(2)23-24(16)10-9-21-19/h4-6,9-12,22H,3,7-8H2,1-2H3,(H,20,21). The van der Waals surface area contributed by atoms with Gasteiger partial charge in [-0.1, -0.05) is 6.07 Å². The first-order chi connectivity index (χ1) is 12.3. The van der Waals surface area contributed by atoms with E-state index in [2.05, 4.69) is 32.6 Å². The maximum Gasteiger partial charge on any atom is 0.152 e. The minimum Gasteiger partial charge on any atom is -0.493 e. The molecule has 0 saturated carbocycles. The summed E-state index contributed by atoms with van der Waals surface area (Å²) in [6.07, 6.45) is 6.56. The number of aromatic amines is 1. The first kappa shape index (κ1) is 15.5. The number of ether oxygens (including phenoxy) is 1. The van der Waals surface area contributed by atoms with Crippen molar-refractivity contribution in [2.75, 3.05) is 18.5 Å². The smallest absolute Gasteiger partial charge is 0.152 e. The molecule has 3 heterocycles. The summed E-state index contributed by atoms with van der Waals surface area (Å²) >= 11 is 0. The number of rotatable bonds is 6. The van der Waals surface area contributed by atoms with Crippen LogP contribution in [-0.4, -0.2) is 32.7 Å². The van der Waals surface area contributed by atoms with E-state index in [0.717, 1.165) is 46.6 Å². The van der Waals surface area contributed by atoms with Crippen LogP contribution in [-0.2, 0) is 6.42 Å². The SMILES string of the molecule is CCOc1cccc2[nH]cc(CCNc3nccn4nc(C)cc34)c12. The van der Waals surface area contributed by atoms with Crippen LogP contribution in [0.1, 0.15) is 18.2 Å². The average Bonchev–Trinajstić information content (AvgIpc) is 3.19. The minimum atomic E-state index is 0.661. The molecule has 1 aromatic carbocycles. The van der Waals surface area contributed by atoms with Crippen LogP contribution in [0.2, 0.25) is 0 Å². The highest BCUT2D eigenvalue weighted by molar-refractivity contribution is 5.89. The lowest BCUT2D eigenvalue weighted by atomic mass is 10.1. The van der Waals surface area contributed by atoms with Gasteiger partial charge in [-0.05, 0) is 44.0 Å². The highest BCUT2D eigenvalue weighted by atomic mass is 16.5. The lowest BCUT2D eigenvalue weighted by molar-refractivity contribution is 0.344. The lowest BCUT2D eigenvalue weighted by Crippen LogP contribution is -2.07. The molecule has 3 aromatic heterocycles. The van der Waals surface area contributed by atoms with E-state index in [1.54, 1.807) is 6.20 Å². The van der Waals surface area contributed by atoms with Gasteiger partial charge in [0.25, 0.3) is 0 Å². The molecule has 0 aliphatic carbocycles. The van der Waals surface area contributed by atoms with Gasteiger partial charge in [0.15, 0.2) is 5.82 Å². The van der Waals surface area contributed by atoms with Crippen molar-refractivity contribution in [3.8, 4) is 5.75 Å². The quantitative estimate of drug-likeness (QED) is 0.565. The van der Waals surface area contributed by atoms with E-state index >= 15 is 0 Å². The van der Waals surface area contributed by atoms with Crippen LogP contribution in [0.25, 0.3) is 16.4 Å². The predicted molar refractivity (Wildman–Crippen MR) is 99.4 cm³/mol. The van der Waals surface area contributed by atoms with Crippen molar-refractivity contribution in [1.82, 2.24) is 19.6 Å². The van der Waals surface area contributed by atoms with Gasteiger partial charge in [-0.2, -0.15) is 5.10 Å². The molecule has 2 N–H and O–H groups in total. The van der Waals surface area contributed by atoms with Crippen molar-refractivity contribution >= 4 is 22.2 Å². The number of anilines is 1. The van der Waals surface area contributed by atoms with Crippen LogP contribution in [0.15, 0.2) is 42.9 Å². The largest absolute Gasteiger partial charge is 0.493 e. The third-order valence-corrected chi connectivity index (χ3v) is 4.25. The van der Waals surface area contributed by atoms with Crippen LogP contribution in [0.4, 0.5) is 5.82 Å². The van der Waals surface area contributed by atoms with E-state index in [1.807, 2.05) is 42.8 Å². The fourth-order valence-corrected chi connectivity index (χ4v) is 3.19. The van der Waals surface area contributed by atoms with Crippen LogP contribution in [0.3, 0.4) is 0 Å². The van der Waals surface area contributed by atoms with Gasteiger partial charge in [0.2, 0.25) is 0 Å². The van der Waals surface area contributed by atoms with E-state index < -0.39 is 0 Å². The Morgan fingerprint density at radius 1 is 1.32 bits per heavy atom.